The Morgan fingerprint density at radius 2 is 1.73 bits per heavy atom. The van der Waals surface area contributed by atoms with Gasteiger partial charge >= 0.3 is 6.09 Å². The summed E-state index contributed by atoms with van der Waals surface area (Å²) >= 11 is 1.87. The van der Waals surface area contributed by atoms with Gasteiger partial charge in [0.1, 0.15) is 5.60 Å². The van der Waals surface area contributed by atoms with Crippen LogP contribution in [0.25, 0.3) is 10.1 Å². The van der Waals surface area contributed by atoms with Crippen molar-refractivity contribution in [1.29, 1.82) is 0 Å². The van der Waals surface area contributed by atoms with Crippen molar-refractivity contribution in [3.63, 3.8) is 0 Å². The molecule has 1 amide bonds. The predicted molar refractivity (Wildman–Crippen MR) is 139 cm³/mol. The molecule has 3 aromatic rings. The molecule has 33 heavy (non-hydrogen) atoms. The van der Waals surface area contributed by atoms with Crippen LogP contribution in [0, 0.1) is 0 Å². The average Bonchev–Trinajstić information content (AvgIpc) is 3.18. The van der Waals surface area contributed by atoms with Crippen molar-refractivity contribution in [2.75, 3.05) is 26.7 Å². The number of hydrogen-bond acceptors (Lipinski definition) is 5. The van der Waals surface area contributed by atoms with Gasteiger partial charge < -0.3 is 20.3 Å². The van der Waals surface area contributed by atoms with E-state index in [1.54, 1.807) is 0 Å². The second-order valence-electron chi connectivity index (χ2n) is 9.51. The smallest absolute Gasteiger partial charge is 0.407 e. The first-order chi connectivity index (χ1) is 15.8. The number of benzene rings is 2. The van der Waals surface area contributed by atoms with E-state index in [0.717, 1.165) is 44.6 Å². The van der Waals surface area contributed by atoms with Crippen LogP contribution in [0.3, 0.4) is 0 Å². The van der Waals surface area contributed by atoms with Crippen LogP contribution in [0.1, 0.15) is 43.2 Å². The summed E-state index contributed by atoms with van der Waals surface area (Å²) in [7, 11) is 2.19. The molecule has 1 heterocycles. The number of carbonyl (C=O) groups is 1. The van der Waals surface area contributed by atoms with E-state index in [1.165, 1.54) is 20.5 Å². The number of aryl methyl sites for hydroxylation is 1. The van der Waals surface area contributed by atoms with E-state index in [-0.39, 0.29) is 6.09 Å². The van der Waals surface area contributed by atoms with Crippen molar-refractivity contribution >= 4 is 27.5 Å². The average molecular weight is 468 g/mol. The molecule has 1 aromatic heterocycles. The van der Waals surface area contributed by atoms with E-state index in [4.69, 9.17) is 4.74 Å². The number of amides is 1. The van der Waals surface area contributed by atoms with Gasteiger partial charge in [-0.1, -0.05) is 42.5 Å². The minimum atomic E-state index is -0.476. The molecule has 0 atom stereocenters. The Morgan fingerprint density at radius 3 is 2.45 bits per heavy atom. The van der Waals surface area contributed by atoms with Crippen molar-refractivity contribution in [3.05, 3.63) is 70.6 Å². The van der Waals surface area contributed by atoms with Crippen LogP contribution in [-0.4, -0.2) is 43.3 Å². The molecule has 3 rings (SSSR count). The van der Waals surface area contributed by atoms with Crippen LogP contribution in [-0.2, 0) is 24.2 Å². The van der Waals surface area contributed by atoms with Crippen LogP contribution < -0.4 is 10.6 Å². The highest BCUT2D eigenvalue weighted by molar-refractivity contribution is 7.19. The molecule has 0 spiro atoms. The van der Waals surface area contributed by atoms with Gasteiger partial charge in [-0.3, -0.25) is 0 Å². The zero-order valence-corrected chi connectivity index (χ0v) is 21.1. The number of nitrogens with one attached hydrogen (secondary N) is 2. The molecule has 6 heteroatoms. The van der Waals surface area contributed by atoms with Gasteiger partial charge in [-0.2, -0.15) is 0 Å². The molecular formula is C27H37N3O2S. The van der Waals surface area contributed by atoms with Gasteiger partial charge in [0.25, 0.3) is 0 Å². The van der Waals surface area contributed by atoms with Gasteiger partial charge in [-0.15, -0.1) is 11.3 Å². The molecule has 178 valence electrons. The monoisotopic (exact) mass is 467 g/mol. The maximum Gasteiger partial charge on any atom is 0.407 e. The maximum absolute atomic E-state index is 11.8. The number of nitrogens with zero attached hydrogens (tertiary/aromatic N) is 1. The van der Waals surface area contributed by atoms with Crippen LogP contribution in [0.4, 0.5) is 4.79 Å². The quantitative estimate of drug-likeness (QED) is 0.362. The van der Waals surface area contributed by atoms with Crippen LogP contribution in [0.15, 0.2) is 54.6 Å². The van der Waals surface area contributed by atoms with Gasteiger partial charge in [0, 0.05) is 35.8 Å². The SMILES string of the molecule is CN(CCCc1ccc(CNC(=O)OC(C)(C)C)cc1)CCNCc1cc2ccccc2s1. The van der Waals surface area contributed by atoms with E-state index in [1.807, 2.05) is 32.1 Å². The molecular weight excluding hydrogens is 430 g/mol. The topological polar surface area (TPSA) is 53.6 Å². The summed E-state index contributed by atoms with van der Waals surface area (Å²) in [5, 5.41) is 7.71. The highest BCUT2D eigenvalue weighted by atomic mass is 32.1. The number of likely N-dealkylation sites (N-methyl/N-ethyl adjacent to an activating group) is 1. The summed E-state index contributed by atoms with van der Waals surface area (Å²) < 4.78 is 6.63. The van der Waals surface area contributed by atoms with Crippen molar-refractivity contribution in [2.45, 2.75) is 52.3 Å². The lowest BCUT2D eigenvalue weighted by molar-refractivity contribution is 0.0523. The van der Waals surface area contributed by atoms with Gasteiger partial charge in [-0.05, 0) is 75.9 Å². The molecule has 0 aliphatic rings. The Kier molecular flexibility index (Phi) is 9.30. The Hall–Kier alpha value is -2.41. The van der Waals surface area contributed by atoms with E-state index in [9.17, 15) is 4.79 Å². The first-order valence-electron chi connectivity index (χ1n) is 11.7. The summed E-state index contributed by atoms with van der Waals surface area (Å²) in [4.78, 5) is 15.5. The Labute approximate surface area is 202 Å². The number of hydrogen-bond donors (Lipinski definition) is 2. The number of carbonyl (C=O) groups excluding carboxylic acids is 1. The normalized spacial score (nSPS) is 11.8. The van der Waals surface area contributed by atoms with E-state index in [0.29, 0.717) is 6.54 Å². The van der Waals surface area contributed by atoms with Gasteiger partial charge in [0.2, 0.25) is 0 Å². The number of fused-ring (bicyclic) bond motifs is 1. The molecule has 0 saturated carbocycles. The molecule has 5 nitrogen and oxygen atoms in total. The van der Waals surface area contributed by atoms with E-state index >= 15 is 0 Å². The Balaban J connectivity index is 1.27. The van der Waals surface area contributed by atoms with Crippen molar-refractivity contribution in [1.82, 2.24) is 15.5 Å². The predicted octanol–water partition coefficient (Wildman–Crippen LogP) is 5.58. The summed E-state index contributed by atoms with van der Waals surface area (Å²) in [6.45, 7) is 10.1. The zero-order valence-electron chi connectivity index (χ0n) is 20.3. The van der Waals surface area contributed by atoms with Crippen molar-refractivity contribution in [3.8, 4) is 0 Å². The summed E-state index contributed by atoms with van der Waals surface area (Å²) in [6, 6.07) is 19.3. The molecule has 0 saturated heterocycles. The molecule has 0 aliphatic carbocycles. The van der Waals surface area contributed by atoms with Gasteiger partial charge in [-0.25, -0.2) is 4.79 Å². The zero-order chi connectivity index (χ0) is 23.7. The van der Waals surface area contributed by atoms with E-state index in [2.05, 4.69) is 77.2 Å². The molecule has 0 fully saturated rings. The third-order valence-electron chi connectivity index (χ3n) is 5.31. The molecule has 0 unspecified atom stereocenters. The van der Waals surface area contributed by atoms with Crippen molar-refractivity contribution < 1.29 is 9.53 Å². The lowest BCUT2D eigenvalue weighted by Crippen LogP contribution is -2.32. The third-order valence-corrected chi connectivity index (χ3v) is 6.43. The molecule has 0 bridgehead atoms. The lowest BCUT2D eigenvalue weighted by atomic mass is 10.1. The number of ether oxygens (including phenoxy) is 1. The Bertz CT molecular complexity index is 975. The second kappa shape index (κ2) is 12.2. The third kappa shape index (κ3) is 9.16. The summed E-state index contributed by atoms with van der Waals surface area (Å²) in [5.74, 6) is 0. The summed E-state index contributed by atoms with van der Waals surface area (Å²) in [6.07, 6.45) is 1.80. The Morgan fingerprint density at radius 1 is 1.00 bits per heavy atom. The minimum absolute atomic E-state index is 0.382. The number of thiophene rings is 1. The number of rotatable bonds is 11. The van der Waals surface area contributed by atoms with Gasteiger partial charge in [0.05, 0.1) is 0 Å². The highest BCUT2D eigenvalue weighted by Crippen LogP contribution is 2.24. The highest BCUT2D eigenvalue weighted by Gasteiger charge is 2.15. The fraction of sp³-hybridized carbons (Fsp3) is 0.444. The first-order valence-corrected chi connectivity index (χ1v) is 12.5. The largest absolute Gasteiger partial charge is 0.444 e. The standard InChI is InChI=1S/C27H37N3O2S/c1-27(2,3)32-26(31)29-19-22-13-11-21(12-14-22)8-7-16-30(4)17-15-28-20-24-18-23-9-5-6-10-25(23)33-24/h5-6,9-14,18,28H,7-8,15-17,19-20H2,1-4H3,(H,29,31). The second-order valence-corrected chi connectivity index (χ2v) is 10.7. The fourth-order valence-electron chi connectivity index (χ4n) is 3.58. The first kappa shape index (κ1) is 25.2. The molecule has 2 N–H and O–H groups in total. The summed E-state index contributed by atoms with van der Waals surface area (Å²) in [5.41, 5.74) is 1.93. The lowest BCUT2D eigenvalue weighted by Gasteiger charge is -2.19. The van der Waals surface area contributed by atoms with Crippen LogP contribution in [0.2, 0.25) is 0 Å². The van der Waals surface area contributed by atoms with Crippen LogP contribution >= 0.6 is 11.3 Å². The van der Waals surface area contributed by atoms with E-state index < -0.39 is 5.60 Å². The molecule has 2 aromatic carbocycles. The van der Waals surface area contributed by atoms with Gasteiger partial charge in [0.15, 0.2) is 0 Å². The maximum atomic E-state index is 11.8. The minimum Gasteiger partial charge on any atom is -0.444 e. The van der Waals surface area contributed by atoms with Crippen LogP contribution in [0.5, 0.6) is 0 Å². The van der Waals surface area contributed by atoms with Crippen molar-refractivity contribution in [2.24, 2.45) is 0 Å². The fourth-order valence-corrected chi connectivity index (χ4v) is 4.62. The molecule has 0 aliphatic heterocycles. The number of alkyl carbamates (subject to hydrolysis) is 1. The molecule has 0 radical (unpaired) electrons.